The smallest absolute Gasteiger partial charge is 0.244 e. The number of nitrogens with two attached hydrogens (primary N) is 1. The number of primary amides is 1. The molecular formula is C22H25ClN2O4. The van der Waals surface area contributed by atoms with Gasteiger partial charge in [0.25, 0.3) is 0 Å². The van der Waals surface area contributed by atoms with Gasteiger partial charge in [0.05, 0.1) is 18.7 Å². The van der Waals surface area contributed by atoms with E-state index in [0.717, 1.165) is 12.0 Å². The summed E-state index contributed by atoms with van der Waals surface area (Å²) in [5, 5.41) is 3.01. The summed E-state index contributed by atoms with van der Waals surface area (Å²) in [5.74, 6) is -0.0942. The van der Waals surface area contributed by atoms with E-state index >= 15 is 0 Å². The first-order chi connectivity index (χ1) is 13.9. The van der Waals surface area contributed by atoms with Crippen LogP contribution in [0, 0.1) is 0 Å². The lowest BCUT2D eigenvalue weighted by Gasteiger charge is -2.14. The highest BCUT2D eigenvalue weighted by Gasteiger charge is 2.17. The van der Waals surface area contributed by atoms with Crippen molar-refractivity contribution in [3.05, 3.63) is 64.7 Å². The van der Waals surface area contributed by atoms with Crippen molar-refractivity contribution in [3.63, 3.8) is 0 Å². The van der Waals surface area contributed by atoms with Gasteiger partial charge in [-0.15, -0.1) is 0 Å². The molecule has 2 rings (SSSR count). The van der Waals surface area contributed by atoms with E-state index in [4.69, 9.17) is 26.8 Å². The molecule has 2 aromatic rings. The van der Waals surface area contributed by atoms with Gasteiger partial charge in [-0.1, -0.05) is 48.9 Å². The fourth-order valence-corrected chi connectivity index (χ4v) is 2.92. The average Bonchev–Trinajstić information content (AvgIpc) is 2.71. The van der Waals surface area contributed by atoms with Crippen molar-refractivity contribution in [2.24, 2.45) is 5.73 Å². The molecule has 1 unspecified atom stereocenters. The number of benzene rings is 2. The van der Waals surface area contributed by atoms with Gasteiger partial charge >= 0.3 is 0 Å². The van der Waals surface area contributed by atoms with E-state index in [2.05, 4.69) is 5.32 Å². The molecule has 3 N–H and O–H groups in total. The molecule has 29 heavy (non-hydrogen) atoms. The number of halogens is 1. The zero-order chi connectivity index (χ0) is 21.2. The van der Waals surface area contributed by atoms with Crippen molar-refractivity contribution in [2.75, 3.05) is 13.7 Å². The van der Waals surface area contributed by atoms with Crippen LogP contribution in [0.25, 0.3) is 6.08 Å². The summed E-state index contributed by atoms with van der Waals surface area (Å²) < 4.78 is 10.9. The molecule has 0 saturated heterocycles. The van der Waals surface area contributed by atoms with E-state index < -0.39 is 17.9 Å². The van der Waals surface area contributed by atoms with Crippen LogP contribution in [0.2, 0.25) is 5.02 Å². The lowest BCUT2D eigenvalue weighted by Crippen LogP contribution is -2.45. The van der Waals surface area contributed by atoms with Gasteiger partial charge in [-0.2, -0.15) is 0 Å². The van der Waals surface area contributed by atoms with Gasteiger partial charge in [0.2, 0.25) is 11.8 Å². The number of hydrogen-bond acceptors (Lipinski definition) is 4. The highest BCUT2D eigenvalue weighted by Crippen LogP contribution is 2.36. The molecular weight excluding hydrogens is 392 g/mol. The quantitative estimate of drug-likeness (QED) is 0.581. The Hall–Kier alpha value is -2.99. The second-order valence-corrected chi connectivity index (χ2v) is 6.78. The summed E-state index contributed by atoms with van der Waals surface area (Å²) in [5.41, 5.74) is 6.99. The monoisotopic (exact) mass is 416 g/mol. The Morgan fingerprint density at radius 3 is 2.59 bits per heavy atom. The molecule has 2 aromatic carbocycles. The minimum Gasteiger partial charge on any atom is -0.493 e. The zero-order valence-electron chi connectivity index (χ0n) is 16.5. The van der Waals surface area contributed by atoms with Crippen LogP contribution < -0.4 is 20.5 Å². The van der Waals surface area contributed by atoms with Crippen LogP contribution in [-0.4, -0.2) is 31.6 Å². The third-order valence-electron chi connectivity index (χ3n) is 4.07. The predicted molar refractivity (Wildman–Crippen MR) is 114 cm³/mol. The first-order valence-corrected chi connectivity index (χ1v) is 9.64. The fourth-order valence-electron chi connectivity index (χ4n) is 2.64. The van der Waals surface area contributed by atoms with Crippen LogP contribution in [0.15, 0.2) is 48.5 Å². The van der Waals surface area contributed by atoms with Gasteiger partial charge in [-0.05, 0) is 35.8 Å². The number of rotatable bonds is 10. The molecule has 0 radical (unpaired) electrons. The lowest BCUT2D eigenvalue weighted by molar-refractivity contribution is -0.124. The molecule has 0 bridgehead atoms. The zero-order valence-corrected chi connectivity index (χ0v) is 17.2. The van der Waals surface area contributed by atoms with Gasteiger partial charge in [-0.3, -0.25) is 9.59 Å². The maximum absolute atomic E-state index is 12.3. The third-order valence-corrected chi connectivity index (χ3v) is 4.35. The molecule has 0 spiro atoms. The van der Waals surface area contributed by atoms with Crippen LogP contribution in [-0.2, 0) is 16.0 Å². The Balaban J connectivity index is 2.08. The highest BCUT2D eigenvalue weighted by atomic mass is 35.5. The third kappa shape index (κ3) is 6.84. The van der Waals surface area contributed by atoms with Crippen LogP contribution in [0.3, 0.4) is 0 Å². The summed E-state index contributed by atoms with van der Waals surface area (Å²) >= 11 is 6.28. The lowest BCUT2D eigenvalue weighted by atomic mass is 10.1. The molecule has 0 aliphatic carbocycles. The molecule has 0 saturated carbocycles. The van der Waals surface area contributed by atoms with Gasteiger partial charge in [-0.25, -0.2) is 0 Å². The molecule has 7 heteroatoms. The van der Waals surface area contributed by atoms with Crippen LogP contribution in [0.1, 0.15) is 24.5 Å². The van der Waals surface area contributed by atoms with E-state index in [1.54, 1.807) is 18.2 Å². The minimum atomic E-state index is -0.808. The van der Waals surface area contributed by atoms with E-state index in [-0.39, 0.29) is 0 Å². The fraction of sp³-hybridized carbons (Fsp3) is 0.273. The topological polar surface area (TPSA) is 90.6 Å². The highest BCUT2D eigenvalue weighted by molar-refractivity contribution is 6.32. The van der Waals surface area contributed by atoms with Crippen molar-refractivity contribution in [3.8, 4) is 11.5 Å². The number of carbonyl (C=O) groups excluding carboxylic acids is 2. The number of methoxy groups -OCH3 is 1. The van der Waals surface area contributed by atoms with Gasteiger partial charge in [0.1, 0.15) is 6.04 Å². The number of hydrogen-bond donors (Lipinski definition) is 2. The summed E-state index contributed by atoms with van der Waals surface area (Å²) in [7, 11) is 1.52. The Kier molecular flexibility index (Phi) is 8.55. The number of amides is 2. The molecule has 154 valence electrons. The maximum atomic E-state index is 12.3. The minimum absolute atomic E-state index is 0.318. The predicted octanol–water partition coefficient (Wildman–Crippen LogP) is 3.36. The number of carbonyl (C=O) groups is 2. The summed E-state index contributed by atoms with van der Waals surface area (Å²) in [4.78, 5) is 24.0. The Labute approximate surface area is 175 Å². The van der Waals surface area contributed by atoms with Gasteiger partial charge in [0, 0.05) is 12.5 Å². The van der Waals surface area contributed by atoms with Gasteiger partial charge < -0.3 is 20.5 Å². The van der Waals surface area contributed by atoms with Crippen LogP contribution >= 0.6 is 11.6 Å². The summed E-state index contributed by atoms with van der Waals surface area (Å²) in [6, 6.07) is 11.9. The summed E-state index contributed by atoms with van der Waals surface area (Å²) in [6.45, 7) is 2.51. The first-order valence-electron chi connectivity index (χ1n) is 9.26. The second-order valence-electron chi connectivity index (χ2n) is 6.37. The van der Waals surface area contributed by atoms with Crippen molar-refractivity contribution in [2.45, 2.75) is 25.8 Å². The molecule has 0 heterocycles. The Morgan fingerprint density at radius 2 is 1.97 bits per heavy atom. The average molecular weight is 417 g/mol. The van der Waals surface area contributed by atoms with Crippen molar-refractivity contribution >= 4 is 29.5 Å². The molecule has 0 aliphatic rings. The molecule has 0 aromatic heterocycles. The van der Waals surface area contributed by atoms with Crippen molar-refractivity contribution in [1.82, 2.24) is 5.32 Å². The van der Waals surface area contributed by atoms with Crippen LogP contribution in [0.4, 0.5) is 0 Å². The number of nitrogens with one attached hydrogen (secondary N) is 1. The molecule has 6 nitrogen and oxygen atoms in total. The van der Waals surface area contributed by atoms with Crippen molar-refractivity contribution < 1.29 is 19.1 Å². The molecule has 0 aliphatic heterocycles. The van der Waals surface area contributed by atoms with Crippen molar-refractivity contribution in [1.29, 1.82) is 0 Å². The van der Waals surface area contributed by atoms with E-state index in [9.17, 15) is 9.59 Å². The summed E-state index contributed by atoms with van der Waals surface area (Å²) in [6.07, 6.45) is 4.05. The van der Waals surface area contributed by atoms with E-state index in [1.807, 2.05) is 37.3 Å². The van der Waals surface area contributed by atoms with Gasteiger partial charge in [0.15, 0.2) is 11.5 Å². The van der Waals surface area contributed by atoms with E-state index in [0.29, 0.717) is 35.1 Å². The number of ether oxygens (including phenoxy) is 2. The van der Waals surface area contributed by atoms with Crippen LogP contribution in [0.5, 0.6) is 11.5 Å². The van der Waals surface area contributed by atoms with E-state index in [1.165, 1.54) is 13.2 Å². The maximum Gasteiger partial charge on any atom is 0.244 e. The molecule has 2 amide bonds. The SMILES string of the molecule is CCCOc1c(Cl)cc(C=CC(=O)NC(Cc2ccccc2)C(N)=O)cc1OC. The first kappa shape index (κ1) is 22.3. The normalized spacial score (nSPS) is 11.8. The standard InChI is InChI=1S/C22H25ClN2O4/c1-3-11-29-21-17(23)12-16(14-19(21)28-2)9-10-20(26)25-18(22(24)27)13-15-7-5-4-6-8-15/h4-10,12,14,18H,3,11,13H2,1-2H3,(H2,24,27)(H,25,26). The molecule has 1 atom stereocenters. The molecule has 0 fully saturated rings. The largest absolute Gasteiger partial charge is 0.493 e. The Bertz CT molecular complexity index is 869. The Morgan fingerprint density at radius 1 is 1.24 bits per heavy atom. The second kappa shape index (κ2) is 11.1.